The molecule has 1 amide bonds. The minimum absolute atomic E-state index is 0.230. The molecule has 0 spiro atoms. The predicted octanol–water partition coefficient (Wildman–Crippen LogP) is -3.24. The second-order valence-electron chi connectivity index (χ2n) is 8.57. The van der Waals surface area contributed by atoms with Crippen LogP contribution in [0.1, 0.15) is 6.92 Å². The minimum atomic E-state index is -5.30. The topological polar surface area (TPSA) is 257 Å². The zero-order chi connectivity index (χ0) is 29.1. The maximum atomic E-state index is 11.9. The molecule has 7 N–H and O–H groups in total. The highest BCUT2D eigenvalue weighted by Crippen LogP contribution is 2.32. The van der Waals surface area contributed by atoms with E-state index in [0.717, 1.165) is 6.92 Å². The molecule has 0 radical (unpaired) electrons. The fourth-order valence-electron chi connectivity index (χ4n) is 4.07. The summed E-state index contributed by atoms with van der Waals surface area (Å²) in [4.78, 5) is 23.4. The third-order valence-electron chi connectivity index (χ3n) is 5.84. The molecule has 2 aliphatic rings. The molecule has 0 bridgehead atoms. The van der Waals surface area contributed by atoms with Crippen molar-refractivity contribution in [1.82, 2.24) is 5.32 Å². The van der Waals surface area contributed by atoms with Crippen LogP contribution < -0.4 is 14.8 Å². The Kier molecular flexibility index (Phi) is 10.0. The molecule has 3 rings (SSSR count). The summed E-state index contributed by atoms with van der Waals surface area (Å²) in [6.45, 7) is 0.311. The molecule has 1 aromatic carbocycles. The van der Waals surface area contributed by atoms with Gasteiger partial charge in [-0.3, -0.25) is 9.35 Å². The Bertz CT molecular complexity index is 1100. The Morgan fingerprint density at radius 1 is 0.974 bits per heavy atom. The molecule has 220 valence electrons. The van der Waals surface area contributed by atoms with Crippen LogP contribution in [0.3, 0.4) is 0 Å². The molecule has 2 fully saturated rings. The van der Waals surface area contributed by atoms with Gasteiger partial charge in [0.05, 0.1) is 13.7 Å². The van der Waals surface area contributed by atoms with Gasteiger partial charge in [-0.1, -0.05) is 0 Å². The van der Waals surface area contributed by atoms with Crippen molar-refractivity contribution in [2.45, 2.75) is 68.3 Å². The van der Waals surface area contributed by atoms with Crippen LogP contribution in [0.4, 0.5) is 0 Å². The molecule has 17 nitrogen and oxygen atoms in total. The van der Waals surface area contributed by atoms with E-state index in [2.05, 4.69) is 9.50 Å². The Hall–Kier alpha value is -2.65. The summed E-state index contributed by atoms with van der Waals surface area (Å²) in [6, 6.07) is 4.79. The van der Waals surface area contributed by atoms with Crippen LogP contribution in [0, 0.1) is 0 Å². The number of aliphatic hydroxyl groups excluding tert-OH is 4. The van der Waals surface area contributed by atoms with E-state index in [1.165, 1.54) is 19.2 Å². The van der Waals surface area contributed by atoms with Crippen molar-refractivity contribution in [1.29, 1.82) is 0 Å². The summed E-state index contributed by atoms with van der Waals surface area (Å²) in [5.41, 5.74) is 0. The molecule has 0 aliphatic carbocycles. The van der Waals surface area contributed by atoms with Crippen LogP contribution in [0.5, 0.6) is 11.5 Å². The highest BCUT2D eigenvalue weighted by atomic mass is 32.3. The van der Waals surface area contributed by atoms with Crippen molar-refractivity contribution >= 4 is 22.3 Å². The van der Waals surface area contributed by atoms with Crippen molar-refractivity contribution in [2.24, 2.45) is 0 Å². The second kappa shape index (κ2) is 12.7. The van der Waals surface area contributed by atoms with Crippen molar-refractivity contribution in [2.75, 3.05) is 13.7 Å². The molecule has 0 saturated carbocycles. The lowest BCUT2D eigenvalue weighted by atomic mass is 9.95. The normalized spacial score (nSPS) is 35.2. The molecule has 1 aromatic rings. The number of carboxylic acid groups (broad SMARTS) is 1. The van der Waals surface area contributed by atoms with Gasteiger partial charge in [-0.2, -0.15) is 8.42 Å². The molecule has 10 atom stereocenters. The number of methoxy groups -OCH3 is 1. The zero-order valence-corrected chi connectivity index (χ0v) is 21.3. The first kappa shape index (κ1) is 30.9. The van der Waals surface area contributed by atoms with E-state index in [9.17, 15) is 43.5 Å². The van der Waals surface area contributed by atoms with E-state index in [0.29, 0.717) is 5.75 Å². The van der Waals surface area contributed by atoms with Gasteiger partial charge in [-0.15, -0.1) is 0 Å². The predicted molar refractivity (Wildman–Crippen MR) is 123 cm³/mol. The minimum Gasteiger partial charge on any atom is -0.497 e. The Morgan fingerprint density at radius 3 is 2.10 bits per heavy atom. The molecule has 2 aliphatic heterocycles. The number of hydrogen-bond acceptors (Lipinski definition) is 14. The average Bonchev–Trinajstić information content (AvgIpc) is 2.86. The Labute approximate surface area is 221 Å². The van der Waals surface area contributed by atoms with Crippen LogP contribution in [0.2, 0.25) is 0 Å². The van der Waals surface area contributed by atoms with Gasteiger partial charge in [0.15, 0.2) is 12.4 Å². The quantitative estimate of drug-likeness (QED) is 0.134. The first-order chi connectivity index (χ1) is 18.2. The summed E-state index contributed by atoms with van der Waals surface area (Å²) in [5.74, 6) is -1.69. The number of rotatable bonds is 10. The van der Waals surface area contributed by atoms with Gasteiger partial charge in [0, 0.05) is 6.92 Å². The Morgan fingerprint density at radius 2 is 1.59 bits per heavy atom. The molecular weight excluding hydrogens is 554 g/mol. The van der Waals surface area contributed by atoms with Crippen molar-refractivity contribution in [3.63, 3.8) is 0 Å². The lowest BCUT2D eigenvalue weighted by Crippen LogP contribution is -2.68. The van der Waals surface area contributed by atoms with E-state index in [4.69, 9.17) is 28.2 Å². The summed E-state index contributed by atoms with van der Waals surface area (Å²) in [5, 5.41) is 53.5. The summed E-state index contributed by atoms with van der Waals surface area (Å²) >= 11 is 0. The zero-order valence-electron chi connectivity index (χ0n) is 20.5. The molecule has 18 heteroatoms. The van der Waals surface area contributed by atoms with Crippen molar-refractivity contribution in [3.8, 4) is 11.5 Å². The molecular formula is C21H29NO16S. The number of ether oxygens (including phenoxy) is 5. The van der Waals surface area contributed by atoms with E-state index in [1.807, 2.05) is 0 Å². The van der Waals surface area contributed by atoms with E-state index < -0.39 is 90.2 Å². The van der Waals surface area contributed by atoms with Gasteiger partial charge in [0.1, 0.15) is 54.2 Å². The number of carbonyl (C=O) groups is 2. The number of amides is 1. The summed E-state index contributed by atoms with van der Waals surface area (Å²) in [6.07, 6.45) is -17.3. The maximum absolute atomic E-state index is 11.9. The lowest BCUT2D eigenvalue weighted by Gasteiger charge is -2.47. The SMILES string of the molecule is COc1ccc(OC2O[C@H](CO)[C@H](O[C@@H]3O[C@H](C(=O)O)[C@@H](O)[C@H](OS(=O)(=O)O)[C@H]3O)[C@H](O)[C@H]2NC(C)=O)cc1. The number of carboxylic acids is 1. The highest BCUT2D eigenvalue weighted by molar-refractivity contribution is 7.80. The van der Waals surface area contributed by atoms with Crippen molar-refractivity contribution in [3.05, 3.63) is 24.3 Å². The third kappa shape index (κ3) is 7.51. The standard InChI is InChI=1S/C21H29NO16S/c1-8(24)22-12-13(25)16(11(7-23)35-20(12)34-10-5-3-9(33-2)4-6-10)36-21-15(27)17(38-39(30,31)32)14(26)18(37-21)19(28)29/h3-6,11-18,20-21,23,25-27H,7H2,1-2H3,(H,22,24)(H,28,29)(H,30,31,32)/t11-,12-,13-,14+,15-,16+,17+,18+,20?,21-/m1/s1. The molecule has 39 heavy (non-hydrogen) atoms. The fraction of sp³-hybridized carbons (Fsp3) is 0.619. The van der Waals surface area contributed by atoms with Gasteiger partial charge >= 0.3 is 16.4 Å². The van der Waals surface area contributed by atoms with Gasteiger partial charge in [-0.05, 0) is 24.3 Å². The average molecular weight is 584 g/mol. The number of carbonyl (C=O) groups excluding carboxylic acids is 1. The van der Waals surface area contributed by atoms with Crippen LogP contribution in [0.15, 0.2) is 24.3 Å². The van der Waals surface area contributed by atoms with E-state index in [-0.39, 0.29) is 5.75 Å². The third-order valence-corrected chi connectivity index (χ3v) is 6.31. The summed E-state index contributed by atoms with van der Waals surface area (Å²) in [7, 11) is -3.84. The fourth-order valence-corrected chi connectivity index (χ4v) is 4.58. The molecule has 0 aromatic heterocycles. The first-order valence-corrected chi connectivity index (χ1v) is 12.7. The lowest BCUT2D eigenvalue weighted by molar-refractivity contribution is -0.336. The van der Waals surface area contributed by atoms with Gasteiger partial charge in [0.2, 0.25) is 12.2 Å². The van der Waals surface area contributed by atoms with Gasteiger partial charge in [-0.25, -0.2) is 8.98 Å². The van der Waals surface area contributed by atoms with Gasteiger partial charge < -0.3 is 54.5 Å². The van der Waals surface area contributed by atoms with E-state index in [1.54, 1.807) is 12.1 Å². The summed E-state index contributed by atoms with van der Waals surface area (Å²) < 4.78 is 62.7. The van der Waals surface area contributed by atoms with Crippen molar-refractivity contribution < 1.29 is 76.0 Å². The number of nitrogens with one attached hydrogen (secondary N) is 1. The maximum Gasteiger partial charge on any atom is 0.397 e. The molecule has 1 unspecified atom stereocenters. The molecule has 2 heterocycles. The smallest absolute Gasteiger partial charge is 0.397 e. The molecule has 2 saturated heterocycles. The Balaban J connectivity index is 1.87. The van der Waals surface area contributed by atoms with Crippen LogP contribution in [-0.4, -0.2) is 125 Å². The van der Waals surface area contributed by atoms with Crippen LogP contribution >= 0.6 is 0 Å². The highest BCUT2D eigenvalue weighted by Gasteiger charge is 2.54. The number of hydrogen-bond donors (Lipinski definition) is 7. The number of benzene rings is 1. The van der Waals surface area contributed by atoms with E-state index >= 15 is 0 Å². The van der Waals surface area contributed by atoms with Gasteiger partial charge in [0.25, 0.3) is 0 Å². The number of aliphatic hydroxyl groups is 4. The monoisotopic (exact) mass is 583 g/mol. The van der Waals surface area contributed by atoms with Crippen LogP contribution in [0.25, 0.3) is 0 Å². The largest absolute Gasteiger partial charge is 0.497 e. The first-order valence-electron chi connectivity index (χ1n) is 11.3. The number of aliphatic carboxylic acids is 1. The second-order valence-corrected chi connectivity index (χ2v) is 9.62. The van der Waals surface area contributed by atoms with Crippen LogP contribution in [-0.2, 0) is 38.4 Å².